The second kappa shape index (κ2) is 5.35. The van der Waals surface area contributed by atoms with E-state index in [4.69, 9.17) is 9.47 Å². The maximum Gasteiger partial charge on any atom is 0.410 e. The monoisotopic (exact) mass is 244 g/mol. The van der Waals surface area contributed by atoms with Gasteiger partial charge in [0.15, 0.2) is 0 Å². The quantitative estimate of drug-likeness (QED) is 0.778. The molecule has 0 atom stereocenters. The van der Waals surface area contributed by atoms with Crippen LogP contribution in [0, 0.1) is 0 Å². The second-order valence-electron chi connectivity index (χ2n) is 4.99. The lowest BCUT2D eigenvalue weighted by Crippen LogP contribution is -2.56. The van der Waals surface area contributed by atoms with E-state index in [-0.39, 0.29) is 24.7 Å². The molecule has 1 fully saturated rings. The van der Waals surface area contributed by atoms with Gasteiger partial charge in [-0.15, -0.1) is 0 Å². The summed E-state index contributed by atoms with van der Waals surface area (Å²) in [4.78, 5) is 24.0. The number of ether oxygens (including phenoxy) is 2. The molecule has 17 heavy (non-hydrogen) atoms. The molecule has 6 nitrogen and oxygen atoms in total. The lowest BCUT2D eigenvalue weighted by Gasteiger charge is -2.39. The first-order valence-corrected chi connectivity index (χ1v) is 5.62. The van der Waals surface area contributed by atoms with E-state index in [2.05, 4.69) is 5.32 Å². The van der Waals surface area contributed by atoms with Crippen LogP contribution in [-0.2, 0) is 14.3 Å². The van der Waals surface area contributed by atoms with Crippen molar-refractivity contribution < 1.29 is 19.1 Å². The molecule has 0 spiro atoms. The lowest BCUT2D eigenvalue weighted by atomic mass is 10.2. The average Bonchev–Trinajstić information content (AvgIpc) is 2.11. The van der Waals surface area contributed by atoms with Crippen molar-refractivity contribution >= 4 is 12.0 Å². The topological polar surface area (TPSA) is 67.9 Å². The zero-order valence-electron chi connectivity index (χ0n) is 10.8. The summed E-state index contributed by atoms with van der Waals surface area (Å²) in [6.07, 6.45) is -0.405. The fourth-order valence-corrected chi connectivity index (χ4v) is 1.28. The Kier molecular flexibility index (Phi) is 4.34. The molecule has 1 N–H and O–H groups in total. The third-order valence-corrected chi connectivity index (χ3v) is 2.23. The molecule has 1 aliphatic rings. The molecule has 0 bridgehead atoms. The average molecular weight is 244 g/mol. The molecule has 98 valence electrons. The fourth-order valence-electron chi connectivity index (χ4n) is 1.28. The van der Waals surface area contributed by atoms with E-state index in [9.17, 15) is 9.59 Å². The summed E-state index contributed by atoms with van der Waals surface area (Å²) in [7, 11) is 1.56. The number of rotatable bonds is 3. The van der Waals surface area contributed by atoms with Crippen LogP contribution in [0.3, 0.4) is 0 Å². The van der Waals surface area contributed by atoms with E-state index in [1.54, 1.807) is 11.9 Å². The number of nitrogens with one attached hydrogen (secondary N) is 1. The molecule has 2 amide bonds. The number of carbonyl (C=O) groups is 2. The number of amides is 2. The molecule has 0 aromatic heterocycles. The molecule has 1 heterocycles. The summed E-state index contributed by atoms with van der Waals surface area (Å²) in [6, 6.07) is 0. The first-order valence-electron chi connectivity index (χ1n) is 5.62. The Balaban J connectivity index is 2.18. The van der Waals surface area contributed by atoms with Crippen molar-refractivity contribution in [3.8, 4) is 0 Å². The van der Waals surface area contributed by atoms with E-state index in [1.807, 2.05) is 20.8 Å². The highest BCUT2D eigenvalue weighted by atomic mass is 16.6. The normalized spacial score (nSPS) is 16.4. The number of likely N-dealkylation sites (tertiary alicyclic amines) is 1. The van der Waals surface area contributed by atoms with E-state index in [1.165, 1.54) is 0 Å². The van der Waals surface area contributed by atoms with Crippen LogP contribution >= 0.6 is 0 Å². The Morgan fingerprint density at radius 2 is 1.94 bits per heavy atom. The number of hydrogen-bond donors (Lipinski definition) is 1. The van der Waals surface area contributed by atoms with Crippen LogP contribution in [-0.4, -0.2) is 55.3 Å². The Morgan fingerprint density at radius 1 is 1.35 bits per heavy atom. The molecule has 1 aliphatic heterocycles. The first kappa shape index (κ1) is 13.8. The van der Waals surface area contributed by atoms with Crippen LogP contribution in [0.25, 0.3) is 0 Å². The van der Waals surface area contributed by atoms with Gasteiger partial charge in [-0.1, -0.05) is 0 Å². The zero-order valence-corrected chi connectivity index (χ0v) is 10.8. The zero-order chi connectivity index (χ0) is 13.1. The van der Waals surface area contributed by atoms with E-state index in [0.717, 1.165) is 0 Å². The minimum absolute atomic E-state index is 0.0311. The van der Waals surface area contributed by atoms with Gasteiger partial charge in [0.2, 0.25) is 5.91 Å². The second-order valence-corrected chi connectivity index (χ2v) is 4.99. The van der Waals surface area contributed by atoms with Crippen molar-refractivity contribution in [1.82, 2.24) is 10.2 Å². The largest absolute Gasteiger partial charge is 0.444 e. The van der Waals surface area contributed by atoms with Crippen molar-refractivity contribution in [2.75, 3.05) is 26.7 Å². The van der Waals surface area contributed by atoms with Crippen molar-refractivity contribution in [1.29, 1.82) is 0 Å². The molecule has 0 saturated carbocycles. The summed E-state index contributed by atoms with van der Waals surface area (Å²) in [6.45, 7) is 6.46. The van der Waals surface area contributed by atoms with Crippen molar-refractivity contribution in [2.24, 2.45) is 0 Å². The van der Waals surface area contributed by atoms with Crippen LogP contribution in [0.1, 0.15) is 20.8 Å². The lowest BCUT2D eigenvalue weighted by molar-refractivity contribution is -0.131. The van der Waals surface area contributed by atoms with Crippen LogP contribution in [0.15, 0.2) is 0 Å². The number of carbonyl (C=O) groups excluding carboxylic acids is 2. The van der Waals surface area contributed by atoms with E-state index >= 15 is 0 Å². The van der Waals surface area contributed by atoms with Gasteiger partial charge in [0.05, 0.1) is 19.2 Å². The predicted octanol–water partition coefficient (Wildman–Crippen LogP) is 0.368. The molecule has 1 saturated heterocycles. The van der Waals surface area contributed by atoms with Gasteiger partial charge in [0.25, 0.3) is 0 Å². The van der Waals surface area contributed by atoms with Gasteiger partial charge in [0, 0.05) is 7.05 Å². The van der Waals surface area contributed by atoms with Gasteiger partial charge in [-0.25, -0.2) is 4.79 Å². The maximum absolute atomic E-state index is 11.5. The predicted molar refractivity (Wildman–Crippen MR) is 61.6 cm³/mol. The highest BCUT2D eigenvalue weighted by Crippen LogP contribution is 2.16. The summed E-state index contributed by atoms with van der Waals surface area (Å²) < 4.78 is 10.5. The van der Waals surface area contributed by atoms with Gasteiger partial charge in [-0.05, 0) is 20.8 Å². The molecule has 0 aromatic carbocycles. The SMILES string of the molecule is CNC(=O)COC1CN(C(=O)OC(C)(C)C)C1. The van der Waals surface area contributed by atoms with Crippen LogP contribution in [0.5, 0.6) is 0 Å². The van der Waals surface area contributed by atoms with Crippen molar-refractivity contribution in [3.63, 3.8) is 0 Å². The maximum atomic E-state index is 11.5. The van der Waals surface area contributed by atoms with Crippen LogP contribution < -0.4 is 5.32 Å². The van der Waals surface area contributed by atoms with Gasteiger partial charge in [0.1, 0.15) is 12.2 Å². The highest BCUT2D eigenvalue weighted by Gasteiger charge is 2.34. The molecule has 0 aliphatic carbocycles. The standard InChI is InChI=1S/C11H20N2O4/c1-11(2,3)17-10(15)13-5-8(6-13)16-7-9(14)12-4/h8H,5-7H2,1-4H3,(H,12,14). The number of nitrogens with zero attached hydrogens (tertiary/aromatic N) is 1. The molecule has 1 rings (SSSR count). The Bertz CT molecular complexity index is 292. The number of likely N-dealkylation sites (N-methyl/N-ethyl adjacent to an activating group) is 1. The Morgan fingerprint density at radius 3 is 2.41 bits per heavy atom. The molecule has 0 unspecified atom stereocenters. The molecular formula is C11H20N2O4. The van der Waals surface area contributed by atoms with Gasteiger partial charge in [-0.3, -0.25) is 4.79 Å². The first-order chi connectivity index (χ1) is 7.81. The highest BCUT2D eigenvalue weighted by molar-refractivity contribution is 5.76. The Labute approximate surface area is 101 Å². The summed E-state index contributed by atoms with van der Waals surface area (Å²) in [5, 5.41) is 2.46. The van der Waals surface area contributed by atoms with Gasteiger partial charge < -0.3 is 19.7 Å². The third-order valence-electron chi connectivity index (χ3n) is 2.23. The molecule has 0 aromatic rings. The number of hydrogen-bond acceptors (Lipinski definition) is 4. The molecular weight excluding hydrogens is 224 g/mol. The minimum atomic E-state index is -0.481. The van der Waals surface area contributed by atoms with Crippen molar-refractivity contribution in [3.05, 3.63) is 0 Å². The van der Waals surface area contributed by atoms with Crippen LogP contribution in [0.2, 0.25) is 0 Å². The summed E-state index contributed by atoms with van der Waals surface area (Å²) in [5.41, 5.74) is -0.481. The third kappa shape index (κ3) is 4.60. The molecule has 6 heteroatoms. The van der Waals surface area contributed by atoms with Crippen LogP contribution in [0.4, 0.5) is 4.79 Å². The van der Waals surface area contributed by atoms with Gasteiger partial charge in [-0.2, -0.15) is 0 Å². The fraction of sp³-hybridized carbons (Fsp3) is 0.818. The van der Waals surface area contributed by atoms with Crippen molar-refractivity contribution in [2.45, 2.75) is 32.5 Å². The van der Waals surface area contributed by atoms with E-state index < -0.39 is 5.60 Å². The molecule has 0 radical (unpaired) electrons. The summed E-state index contributed by atoms with van der Waals surface area (Å²) >= 11 is 0. The minimum Gasteiger partial charge on any atom is -0.444 e. The smallest absolute Gasteiger partial charge is 0.410 e. The summed E-state index contributed by atoms with van der Waals surface area (Å²) in [5.74, 6) is -0.166. The Hall–Kier alpha value is -1.30. The van der Waals surface area contributed by atoms with Gasteiger partial charge >= 0.3 is 6.09 Å². The van der Waals surface area contributed by atoms with E-state index in [0.29, 0.717) is 13.1 Å².